The monoisotopic (exact) mass is 654 g/mol. The lowest BCUT2D eigenvalue weighted by Crippen LogP contribution is -2.35. The summed E-state index contributed by atoms with van der Waals surface area (Å²) in [5.41, 5.74) is 3.92. The van der Waals surface area contributed by atoms with Gasteiger partial charge in [-0.3, -0.25) is 14.8 Å². The fourth-order valence-corrected chi connectivity index (χ4v) is 5.61. The molecule has 13 heteroatoms. The van der Waals surface area contributed by atoms with Crippen molar-refractivity contribution in [2.24, 2.45) is 0 Å². The first kappa shape index (κ1) is 31.6. The van der Waals surface area contributed by atoms with Gasteiger partial charge in [0.2, 0.25) is 5.91 Å². The zero-order valence-corrected chi connectivity index (χ0v) is 26.0. The maximum atomic E-state index is 13.2. The Morgan fingerprint density at radius 1 is 1.15 bits per heavy atom. The van der Waals surface area contributed by atoms with Crippen LogP contribution >= 0.6 is 11.6 Å². The number of hydrogen-bond donors (Lipinski definition) is 3. The number of carbonyl (C=O) groups excluding carboxylic acids is 1. The van der Waals surface area contributed by atoms with Crippen LogP contribution in [0.5, 0.6) is 11.5 Å². The highest BCUT2D eigenvalue weighted by Gasteiger charge is 2.23. The first-order valence-electron chi connectivity index (χ1n) is 15.0. The molecule has 0 radical (unpaired) electrons. The minimum atomic E-state index is -0.968. The molecule has 1 atom stereocenters. The van der Waals surface area contributed by atoms with Gasteiger partial charge in [-0.15, -0.1) is 0 Å². The Morgan fingerprint density at radius 2 is 2.00 bits per heavy atom. The molecule has 0 bridgehead atoms. The van der Waals surface area contributed by atoms with E-state index >= 15 is 0 Å². The summed E-state index contributed by atoms with van der Waals surface area (Å²) in [7, 11) is 0. The summed E-state index contributed by atoms with van der Waals surface area (Å²) in [4.78, 5) is 34.6. The Morgan fingerprint density at radius 3 is 2.70 bits per heavy atom. The molecule has 2 fully saturated rings. The number of nitrogens with one attached hydrogen (secondary N) is 2. The number of aromatic nitrogens is 2. The van der Waals surface area contributed by atoms with E-state index in [1.807, 2.05) is 18.2 Å². The number of amides is 2. The number of carbonyl (C=O) groups is 2. The third kappa shape index (κ3) is 7.71. The summed E-state index contributed by atoms with van der Waals surface area (Å²) in [6, 6.07) is 16.4. The molecule has 4 aromatic rings. The number of hydrogen-bond acceptors (Lipinski definition) is 9. The number of benzene rings is 2. The highest BCUT2D eigenvalue weighted by atomic mass is 35.5. The SMILES string of the molecule is N#Cc1cnc2cc(OC3CCOC3)c(NC(=O)C=C3CCN(C(=O)O)CC3)cc2c1Nc1ccc(OCc2ccccn2)c(Cl)c1. The van der Waals surface area contributed by atoms with E-state index in [4.69, 9.17) is 25.8 Å². The van der Waals surface area contributed by atoms with Crippen LogP contribution in [-0.2, 0) is 16.1 Å². The summed E-state index contributed by atoms with van der Waals surface area (Å²) in [6.07, 6.45) is 5.16. The van der Waals surface area contributed by atoms with Crippen LogP contribution in [0.15, 0.2) is 72.6 Å². The highest BCUT2D eigenvalue weighted by Crippen LogP contribution is 2.38. The molecule has 12 nitrogen and oxygen atoms in total. The molecule has 2 aliphatic rings. The summed E-state index contributed by atoms with van der Waals surface area (Å²) in [5, 5.41) is 26.4. The van der Waals surface area contributed by atoms with Crippen molar-refractivity contribution in [3.63, 3.8) is 0 Å². The second-order valence-electron chi connectivity index (χ2n) is 11.1. The topological polar surface area (TPSA) is 159 Å². The van der Waals surface area contributed by atoms with Crippen molar-refractivity contribution in [2.45, 2.75) is 32.0 Å². The molecular weight excluding hydrogens is 624 g/mol. The van der Waals surface area contributed by atoms with E-state index in [1.165, 1.54) is 17.2 Å². The first-order chi connectivity index (χ1) is 22.9. The largest absolute Gasteiger partial charge is 0.486 e. The highest BCUT2D eigenvalue weighted by molar-refractivity contribution is 6.32. The van der Waals surface area contributed by atoms with Gasteiger partial charge in [0.05, 0.1) is 46.4 Å². The Kier molecular flexibility index (Phi) is 9.66. The molecule has 6 rings (SSSR count). The van der Waals surface area contributed by atoms with Gasteiger partial charge >= 0.3 is 6.09 Å². The summed E-state index contributed by atoms with van der Waals surface area (Å²) in [6.45, 7) is 1.92. The number of fused-ring (bicyclic) bond motifs is 1. The number of rotatable bonds is 9. The number of carboxylic acid groups (broad SMARTS) is 1. The van der Waals surface area contributed by atoms with E-state index in [0.29, 0.717) is 90.1 Å². The fourth-order valence-electron chi connectivity index (χ4n) is 5.38. The zero-order chi connectivity index (χ0) is 32.8. The van der Waals surface area contributed by atoms with Crippen molar-refractivity contribution in [1.82, 2.24) is 14.9 Å². The predicted octanol–water partition coefficient (Wildman–Crippen LogP) is 6.28. The fraction of sp³-hybridized carbons (Fsp3) is 0.265. The van der Waals surface area contributed by atoms with Crippen molar-refractivity contribution < 1.29 is 28.9 Å². The van der Waals surface area contributed by atoms with E-state index in [1.54, 1.807) is 36.5 Å². The van der Waals surface area contributed by atoms with Crippen LogP contribution in [0.4, 0.5) is 21.9 Å². The van der Waals surface area contributed by atoms with E-state index in [2.05, 4.69) is 26.7 Å². The number of nitriles is 1. The van der Waals surface area contributed by atoms with Crippen LogP contribution < -0.4 is 20.1 Å². The van der Waals surface area contributed by atoms with Gasteiger partial charge in [0.25, 0.3) is 0 Å². The minimum absolute atomic E-state index is 0.196. The van der Waals surface area contributed by atoms with Crippen LogP contribution in [0, 0.1) is 11.3 Å². The average molecular weight is 655 g/mol. The second-order valence-corrected chi connectivity index (χ2v) is 11.5. The van der Waals surface area contributed by atoms with Crippen molar-refractivity contribution >= 4 is 51.6 Å². The van der Waals surface area contributed by atoms with Gasteiger partial charge in [0.15, 0.2) is 0 Å². The normalized spacial score (nSPS) is 16.0. The lowest BCUT2D eigenvalue weighted by molar-refractivity contribution is -0.112. The number of likely N-dealkylation sites (tertiary alicyclic amines) is 1. The standard InChI is InChI=1S/C34H31ClN6O6/c35-27-14-23(4-5-30(27)46-19-24-3-1-2-9-37-24)39-33-22(17-36)18-38-28-16-31(47-25-8-12-45-20-25)29(15-26(28)33)40-32(42)13-21-6-10-41(11-7-21)34(43)44/h1-5,9,13-16,18,25H,6-8,10-12,19-20H2,(H,38,39)(H,40,42)(H,43,44). The van der Waals surface area contributed by atoms with Gasteiger partial charge in [0.1, 0.15) is 30.3 Å². The summed E-state index contributed by atoms with van der Waals surface area (Å²) in [5.74, 6) is 0.525. The minimum Gasteiger partial charge on any atom is -0.486 e. The van der Waals surface area contributed by atoms with E-state index < -0.39 is 6.09 Å². The van der Waals surface area contributed by atoms with E-state index in [-0.39, 0.29) is 24.2 Å². The number of ether oxygens (including phenoxy) is 3. The molecule has 3 N–H and O–H groups in total. The number of halogens is 1. The van der Waals surface area contributed by atoms with Crippen LogP contribution in [-0.4, -0.2) is 64.4 Å². The molecule has 47 heavy (non-hydrogen) atoms. The molecule has 2 amide bonds. The number of pyridine rings is 2. The van der Waals surface area contributed by atoms with Crippen molar-refractivity contribution in [1.29, 1.82) is 5.26 Å². The van der Waals surface area contributed by atoms with Crippen molar-refractivity contribution in [3.8, 4) is 17.6 Å². The number of piperidine rings is 1. The van der Waals surface area contributed by atoms with E-state index in [9.17, 15) is 20.0 Å². The lowest BCUT2D eigenvalue weighted by Gasteiger charge is -2.25. The van der Waals surface area contributed by atoms with Gasteiger partial charge in [-0.25, -0.2) is 4.79 Å². The molecule has 0 saturated carbocycles. The zero-order valence-electron chi connectivity index (χ0n) is 25.2. The first-order valence-corrected chi connectivity index (χ1v) is 15.4. The van der Waals surface area contributed by atoms with Crippen LogP contribution in [0.3, 0.4) is 0 Å². The predicted molar refractivity (Wildman–Crippen MR) is 175 cm³/mol. The van der Waals surface area contributed by atoms with Gasteiger partial charge < -0.3 is 34.9 Å². The molecule has 2 aromatic heterocycles. The third-order valence-corrected chi connectivity index (χ3v) is 8.14. The molecule has 2 aromatic carbocycles. The van der Waals surface area contributed by atoms with Gasteiger partial charge in [-0.1, -0.05) is 23.2 Å². The Balaban J connectivity index is 1.29. The van der Waals surface area contributed by atoms with Gasteiger partial charge in [-0.05, 0) is 49.2 Å². The molecule has 2 saturated heterocycles. The molecule has 240 valence electrons. The molecule has 4 heterocycles. The average Bonchev–Trinajstić information content (AvgIpc) is 3.59. The van der Waals surface area contributed by atoms with Crippen molar-refractivity contribution in [3.05, 3.63) is 88.9 Å². The Labute approximate surface area is 275 Å². The summed E-state index contributed by atoms with van der Waals surface area (Å²) < 4.78 is 17.6. The number of anilines is 3. The molecule has 1 unspecified atom stereocenters. The maximum absolute atomic E-state index is 13.2. The Hall–Kier alpha value is -5.38. The lowest BCUT2D eigenvalue weighted by atomic mass is 10.0. The smallest absolute Gasteiger partial charge is 0.407 e. The number of nitrogens with zero attached hydrogens (tertiary/aromatic N) is 4. The van der Waals surface area contributed by atoms with Crippen LogP contribution in [0.1, 0.15) is 30.5 Å². The van der Waals surface area contributed by atoms with E-state index in [0.717, 1.165) is 11.3 Å². The third-order valence-electron chi connectivity index (χ3n) is 7.84. The quantitative estimate of drug-likeness (QED) is 0.175. The van der Waals surface area contributed by atoms with Crippen molar-refractivity contribution in [2.75, 3.05) is 36.9 Å². The Bertz CT molecular complexity index is 1860. The molecule has 2 aliphatic heterocycles. The van der Waals surface area contributed by atoms with Crippen LogP contribution in [0.25, 0.3) is 10.9 Å². The van der Waals surface area contributed by atoms with Gasteiger partial charge in [-0.2, -0.15) is 5.26 Å². The maximum Gasteiger partial charge on any atom is 0.407 e. The summed E-state index contributed by atoms with van der Waals surface area (Å²) >= 11 is 6.57. The second kappa shape index (κ2) is 14.4. The molecule has 0 spiro atoms. The molecule has 0 aliphatic carbocycles. The molecular formula is C34H31ClN6O6. The van der Waals surface area contributed by atoms with Crippen LogP contribution in [0.2, 0.25) is 5.02 Å². The van der Waals surface area contributed by atoms with Gasteiger partial charge in [0, 0.05) is 55.1 Å².